The van der Waals surface area contributed by atoms with Gasteiger partial charge in [0.15, 0.2) is 16.6 Å². The molecule has 0 saturated heterocycles. The van der Waals surface area contributed by atoms with Crippen LogP contribution in [-0.4, -0.2) is 96.6 Å². The molecule has 0 fully saturated rings. The lowest BCUT2D eigenvalue weighted by Crippen LogP contribution is -2.52. The van der Waals surface area contributed by atoms with Crippen LogP contribution in [-0.2, 0) is 36.8 Å². The molecule has 0 bridgehead atoms. The number of ether oxygens (including phenoxy) is 3. The number of carbonyl (C=O) groups is 3. The fourth-order valence-corrected chi connectivity index (χ4v) is 21.4. The molecule has 0 aliphatic carbocycles. The predicted octanol–water partition coefficient (Wildman–Crippen LogP) is 12.7. The van der Waals surface area contributed by atoms with Gasteiger partial charge in [-0.2, -0.15) is 0 Å². The monoisotopic (exact) mass is 993 g/mol. The Hall–Kier alpha value is -1.14. The third-order valence-corrected chi connectivity index (χ3v) is 24.6. The van der Waals surface area contributed by atoms with Gasteiger partial charge in [0, 0.05) is 0 Å². The van der Waals surface area contributed by atoms with Crippen LogP contribution in [0.15, 0.2) is 0 Å². The topological polar surface area (TPSA) is 158 Å². The number of esters is 3. The molecule has 0 aromatic carbocycles. The average molecular weight is 994 g/mol. The zero-order valence-corrected chi connectivity index (χ0v) is 50.6. The first kappa shape index (κ1) is 66.9. The highest BCUT2D eigenvalue weighted by atomic mass is 28.5. The molecule has 6 atom stereocenters. The summed E-state index contributed by atoms with van der Waals surface area (Å²) in [6.07, 6.45) is 1.79. The van der Waals surface area contributed by atoms with Crippen LogP contribution in [0.25, 0.3) is 0 Å². The van der Waals surface area contributed by atoms with E-state index >= 15 is 0 Å². The van der Waals surface area contributed by atoms with Crippen LogP contribution in [0.4, 0.5) is 0 Å². The Kier molecular flexibility index (Phi) is 27.3. The second-order valence-electron chi connectivity index (χ2n) is 27.5. The van der Waals surface area contributed by atoms with Gasteiger partial charge < -0.3 is 37.8 Å². The van der Waals surface area contributed by atoms with Gasteiger partial charge in [-0.1, -0.05) is 137 Å². The highest BCUT2D eigenvalue weighted by Crippen LogP contribution is 2.34. The second kappa shape index (κ2) is 26.9. The van der Waals surface area contributed by atoms with Crippen molar-refractivity contribution in [1.29, 1.82) is 0 Å². The first-order valence-corrected chi connectivity index (χ1v) is 34.1. The predicted molar refractivity (Wildman–Crippen MR) is 280 cm³/mol. The zero-order chi connectivity index (χ0) is 52.7. The van der Waals surface area contributed by atoms with E-state index in [1.165, 1.54) is 37.8 Å². The van der Waals surface area contributed by atoms with E-state index in [-0.39, 0.29) is 73.1 Å². The largest absolute Gasteiger partial charge is 0.465 e. The van der Waals surface area contributed by atoms with Crippen molar-refractivity contribution in [3.63, 3.8) is 0 Å². The molecule has 0 aliphatic heterocycles. The molecule has 0 radical (unpaired) electrons. The van der Waals surface area contributed by atoms with Crippen LogP contribution in [0.1, 0.15) is 176 Å². The van der Waals surface area contributed by atoms with Gasteiger partial charge in [0.05, 0.1) is 43.0 Å². The van der Waals surface area contributed by atoms with Crippen molar-refractivity contribution in [2.45, 2.75) is 246 Å². The summed E-state index contributed by atoms with van der Waals surface area (Å²) in [4.78, 5) is 37.7. The molecule has 394 valence electrons. The van der Waals surface area contributed by atoms with Crippen LogP contribution in [0.3, 0.4) is 0 Å². The summed E-state index contributed by atoms with van der Waals surface area (Å²) in [6.45, 7) is 52.4. The molecule has 0 aromatic heterocycles. The summed E-state index contributed by atoms with van der Waals surface area (Å²) in [5, 5.41) is 31.5. The first-order chi connectivity index (χ1) is 29.1. The van der Waals surface area contributed by atoms with Crippen molar-refractivity contribution in [1.82, 2.24) is 0 Å². The van der Waals surface area contributed by atoms with Gasteiger partial charge in [-0.25, -0.2) is 0 Å². The van der Waals surface area contributed by atoms with E-state index < -0.39 is 66.8 Å². The molecule has 0 rings (SSSR count). The molecule has 14 heteroatoms. The fourth-order valence-electron chi connectivity index (χ4n) is 7.38. The number of aliphatic hydroxyl groups excluding tert-OH is 3. The Morgan fingerprint density at radius 3 is 0.864 bits per heavy atom. The van der Waals surface area contributed by atoms with Gasteiger partial charge >= 0.3 is 26.5 Å². The van der Waals surface area contributed by atoms with E-state index in [9.17, 15) is 29.7 Å². The van der Waals surface area contributed by atoms with Crippen molar-refractivity contribution in [2.75, 3.05) is 19.8 Å². The Morgan fingerprint density at radius 2 is 0.667 bits per heavy atom. The molecular weight excluding hydrogens is 885 g/mol. The van der Waals surface area contributed by atoms with Gasteiger partial charge in [-0.15, -0.1) is 0 Å². The normalized spacial score (nSPS) is 17.3. The Balaban J connectivity index is 0. The molecule has 0 spiro atoms. The summed E-state index contributed by atoms with van der Waals surface area (Å²) in [5.41, 5.74) is -0.864. The van der Waals surface area contributed by atoms with E-state index in [0.29, 0.717) is 10.8 Å². The molecule has 11 nitrogen and oxygen atoms in total. The van der Waals surface area contributed by atoms with Crippen LogP contribution >= 0.6 is 0 Å². The molecule has 66 heavy (non-hydrogen) atoms. The van der Waals surface area contributed by atoms with Gasteiger partial charge in [-0.3, -0.25) is 14.4 Å². The minimum Gasteiger partial charge on any atom is -0.465 e. The van der Waals surface area contributed by atoms with Crippen LogP contribution < -0.4 is 0 Å². The smallest absolute Gasteiger partial charge is 0.311 e. The number of aliphatic hydroxyl groups is 3. The summed E-state index contributed by atoms with van der Waals surface area (Å²) >= 11 is 0. The minimum absolute atomic E-state index is 0.160. The van der Waals surface area contributed by atoms with E-state index in [2.05, 4.69) is 80.8 Å². The van der Waals surface area contributed by atoms with E-state index in [1.54, 1.807) is 6.92 Å². The van der Waals surface area contributed by atoms with E-state index in [4.69, 9.17) is 22.4 Å². The maximum absolute atomic E-state index is 12.6. The molecule has 0 aromatic rings. The highest BCUT2D eigenvalue weighted by molar-refractivity contribution is 6.87. The molecule has 0 heterocycles. The Labute approximate surface area is 409 Å². The molecule has 0 saturated carbocycles. The first-order valence-electron chi connectivity index (χ1n) is 25.0. The third kappa shape index (κ3) is 31.9. The van der Waals surface area contributed by atoms with Crippen molar-refractivity contribution in [2.24, 2.45) is 50.2 Å². The van der Waals surface area contributed by atoms with Gasteiger partial charge in [0.25, 0.3) is 0 Å². The summed E-state index contributed by atoms with van der Waals surface area (Å²) in [5.74, 6) is -2.35. The Bertz CT molecular complexity index is 1290. The molecule has 0 aliphatic rings. The van der Waals surface area contributed by atoms with Gasteiger partial charge in [0.1, 0.15) is 19.8 Å². The molecule has 6 unspecified atom stereocenters. The maximum Gasteiger partial charge on any atom is 0.311 e. The van der Waals surface area contributed by atoms with Crippen molar-refractivity contribution < 1.29 is 52.1 Å². The zero-order valence-electron chi connectivity index (χ0n) is 47.6. The summed E-state index contributed by atoms with van der Waals surface area (Å²) < 4.78 is 29.8. The van der Waals surface area contributed by atoms with E-state index in [0.717, 1.165) is 0 Å². The van der Waals surface area contributed by atoms with Crippen LogP contribution in [0.5, 0.6) is 0 Å². The van der Waals surface area contributed by atoms with Crippen molar-refractivity contribution >= 4 is 43.1 Å². The quantitative estimate of drug-likeness (QED) is 0.0454. The number of rotatable bonds is 25. The lowest BCUT2D eigenvalue weighted by Gasteiger charge is -2.39. The summed E-state index contributed by atoms with van der Waals surface area (Å²) in [6, 6.07) is 2.49. The van der Waals surface area contributed by atoms with Crippen LogP contribution in [0, 0.1) is 50.2 Å². The number of carbonyl (C=O) groups excluding carboxylic acids is 3. The lowest BCUT2D eigenvalue weighted by molar-refractivity contribution is -0.163. The minimum atomic E-state index is -2.04. The number of hydrogen-bond acceptors (Lipinski definition) is 11. The van der Waals surface area contributed by atoms with Gasteiger partial charge in [0.2, 0.25) is 0 Å². The second-order valence-corrected chi connectivity index (χ2v) is 40.0. The average Bonchev–Trinajstić information content (AvgIpc) is 3.08. The maximum atomic E-state index is 12.6. The summed E-state index contributed by atoms with van der Waals surface area (Å²) in [7, 11) is -5.32. The molecule has 0 amide bonds. The van der Waals surface area contributed by atoms with Crippen molar-refractivity contribution in [3.05, 3.63) is 0 Å². The highest BCUT2D eigenvalue weighted by Gasteiger charge is 2.40. The van der Waals surface area contributed by atoms with E-state index in [1.807, 2.05) is 83.1 Å². The third-order valence-electron chi connectivity index (χ3n) is 13.2. The SMILES string of the molecule is CC(C(O)CC(=O)OCC(C)(COC(=O)CC(O)C(C)C(C)(C)C)COC(=O)CC(O)C(C)C(C)(C)C)C(C)(C)C.CC(C)(C)CCC[Si](C)(C)O[Si](C)(C)O[Si](C)(C)CCCC(C)(C)C. The Morgan fingerprint density at radius 1 is 0.439 bits per heavy atom. The molecular formula is C52H108O11Si3. The standard InChI is InChI=1S/C32H60O9.C20H48O2Si3/c1-20(29(4,5)6)23(33)14-26(36)39-17-32(13,18-40-27(37)15-24(34)21(2)30(7,8)9)19-41-28(38)16-25(35)22(3)31(10,11)12;1-19(2,3)15-13-17-23(7,8)21-25(11,12)22-24(9,10)18-14-16-20(4,5)6/h20-25,33-35H,14-19H2,1-13H3;13-18H2,1-12H3. The lowest BCUT2D eigenvalue weighted by atomic mass is 9.78. The van der Waals surface area contributed by atoms with Crippen molar-refractivity contribution in [3.8, 4) is 0 Å². The fraction of sp³-hybridized carbons (Fsp3) is 0.942. The van der Waals surface area contributed by atoms with Gasteiger partial charge in [-0.05, 0) is 116 Å². The number of hydrogen-bond donors (Lipinski definition) is 3. The molecule has 3 N–H and O–H groups in total. The van der Waals surface area contributed by atoms with Crippen LogP contribution in [0.2, 0.25) is 51.4 Å².